The molecule has 0 aliphatic carbocycles. The number of unbranched alkanes of at least 4 members (excludes halogenated alkanes) is 8. The topological polar surface area (TPSA) is 37.3 Å². The lowest BCUT2D eigenvalue weighted by Crippen LogP contribution is -2.12. The Labute approximate surface area is 120 Å². The quantitative estimate of drug-likeness (QED) is 0.450. The van der Waals surface area contributed by atoms with Gasteiger partial charge in [0.1, 0.15) is 5.78 Å². The van der Waals surface area contributed by atoms with E-state index in [4.69, 9.17) is 0 Å². The molecule has 0 spiro atoms. The number of carbonyl (C=O) groups excluding carboxylic acids is 1. The molecule has 0 amide bonds. The maximum absolute atomic E-state index is 11.6. The molecule has 0 bridgehead atoms. The summed E-state index contributed by atoms with van der Waals surface area (Å²) < 4.78 is 0. The van der Waals surface area contributed by atoms with Gasteiger partial charge in [-0.15, -0.1) is 0 Å². The average Bonchev–Trinajstić information content (AvgIpc) is 2.37. The maximum Gasteiger partial charge on any atom is 0.135 e. The number of ketones is 1. The molecule has 2 nitrogen and oxygen atoms in total. The molecule has 1 atom stereocenters. The zero-order valence-electron chi connectivity index (χ0n) is 13.1. The van der Waals surface area contributed by atoms with Gasteiger partial charge >= 0.3 is 0 Å². The molecule has 0 aliphatic rings. The molecule has 0 heterocycles. The minimum absolute atomic E-state index is 0.240. The molecule has 19 heavy (non-hydrogen) atoms. The third-order valence-corrected chi connectivity index (χ3v) is 3.64. The Morgan fingerprint density at radius 3 is 1.89 bits per heavy atom. The Morgan fingerprint density at radius 1 is 0.842 bits per heavy atom. The van der Waals surface area contributed by atoms with E-state index in [0.717, 1.165) is 19.3 Å². The first-order chi connectivity index (χ1) is 9.20. The van der Waals surface area contributed by atoms with E-state index >= 15 is 0 Å². The lowest BCUT2D eigenvalue weighted by molar-refractivity contribution is -0.121. The van der Waals surface area contributed by atoms with Gasteiger partial charge in [-0.1, -0.05) is 71.6 Å². The van der Waals surface area contributed by atoms with Crippen LogP contribution in [0, 0.1) is 0 Å². The summed E-state index contributed by atoms with van der Waals surface area (Å²) in [5, 5.41) is 9.54. The van der Waals surface area contributed by atoms with Crippen LogP contribution in [-0.4, -0.2) is 17.0 Å². The molecule has 0 aromatic rings. The highest BCUT2D eigenvalue weighted by Crippen LogP contribution is 2.12. The summed E-state index contributed by atoms with van der Waals surface area (Å²) in [4.78, 5) is 11.6. The Morgan fingerprint density at radius 2 is 1.37 bits per heavy atom. The van der Waals surface area contributed by atoms with Crippen LogP contribution in [0.2, 0.25) is 0 Å². The van der Waals surface area contributed by atoms with Crippen molar-refractivity contribution in [2.75, 3.05) is 0 Å². The molecule has 0 saturated heterocycles. The predicted molar refractivity (Wildman–Crippen MR) is 82.4 cm³/mol. The minimum Gasteiger partial charge on any atom is -0.393 e. The van der Waals surface area contributed by atoms with Crippen LogP contribution in [0.25, 0.3) is 0 Å². The van der Waals surface area contributed by atoms with Gasteiger partial charge in [-0.05, 0) is 12.8 Å². The Bertz CT molecular complexity index is 201. The molecule has 2 heteroatoms. The number of Topliss-reactive ketones (excluding diaryl/α,β-unsaturated/α-hetero) is 1. The predicted octanol–water partition coefficient (Wildman–Crippen LogP) is 5.03. The van der Waals surface area contributed by atoms with Crippen molar-refractivity contribution in [3.8, 4) is 0 Å². The van der Waals surface area contributed by atoms with Gasteiger partial charge in [0.15, 0.2) is 0 Å². The molecule has 0 saturated carbocycles. The standard InChI is InChI=1S/C17H34O2/c1-3-5-6-7-8-9-10-11-12-14-17(19)15-16(18)13-4-2/h16,18H,3-15H2,1-2H3/t16-/m0/s1. The third kappa shape index (κ3) is 13.9. The molecule has 0 radical (unpaired) electrons. The van der Waals surface area contributed by atoms with Crippen LogP contribution < -0.4 is 0 Å². The Balaban J connectivity index is 3.23. The van der Waals surface area contributed by atoms with Crippen molar-refractivity contribution < 1.29 is 9.90 Å². The lowest BCUT2D eigenvalue weighted by Gasteiger charge is -2.07. The molecule has 0 aromatic carbocycles. The van der Waals surface area contributed by atoms with Gasteiger partial charge in [0.25, 0.3) is 0 Å². The normalized spacial score (nSPS) is 12.6. The van der Waals surface area contributed by atoms with E-state index in [9.17, 15) is 9.90 Å². The second-order valence-corrected chi connectivity index (χ2v) is 5.76. The van der Waals surface area contributed by atoms with Gasteiger partial charge in [0.2, 0.25) is 0 Å². The van der Waals surface area contributed by atoms with E-state index < -0.39 is 6.10 Å². The highest BCUT2D eigenvalue weighted by molar-refractivity contribution is 5.78. The van der Waals surface area contributed by atoms with E-state index in [-0.39, 0.29) is 5.78 Å². The van der Waals surface area contributed by atoms with E-state index in [1.54, 1.807) is 0 Å². The molecule has 0 aliphatic heterocycles. The van der Waals surface area contributed by atoms with Crippen LogP contribution in [0.15, 0.2) is 0 Å². The smallest absolute Gasteiger partial charge is 0.135 e. The zero-order valence-corrected chi connectivity index (χ0v) is 13.1. The van der Waals surface area contributed by atoms with Crippen LogP contribution in [0.4, 0.5) is 0 Å². The first-order valence-electron chi connectivity index (χ1n) is 8.40. The number of aliphatic hydroxyl groups excluding tert-OH is 1. The zero-order chi connectivity index (χ0) is 14.3. The summed E-state index contributed by atoms with van der Waals surface area (Å²) in [7, 11) is 0. The first kappa shape index (κ1) is 18.6. The highest BCUT2D eigenvalue weighted by Gasteiger charge is 2.09. The van der Waals surface area contributed by atoms with E-state index in [1.807, 2.05) is 6.92 Å². The number of rotatable bonds is 14. The van der Waals surface area contributed by atoms with E-state index in [2.05, 4.69) is 6.92 Å². The van der Waals surface area contributed by atoms with Crippen molar-refractivity contribution in [3.05, 3.63) is 0 Å². The van der Waals surface area contributed by atoms with Crippen molar-refractivity contribution in [2.24, 2.45) is 0 Å². The van der Waals surface area contributed by atoms with Crippen LogP contribution in [0.1, 0.15) is 97.3 Å². The molecular weight excluding hydrogens is 236 g/mol. The van der Waals surface area contributed by atoms with Crippen LogP contribution >= 0.6 is 0 Å². The SMILES string of the molecule is CCCCCCCCCCCC(=O)C[C@@H](O)CCC. The second kappa shape index (κ2) is 14.0. The number of carbonyl (C=O) groups is 1. The Kier molecular flexibility index (Phi) is 13.8. The van der Waals surface area contributed by atoms with Crippen molar-refractivity contribution in [1.82, 2.24) is 0 Å². The molecule has 0 fully saturated rings. The molecule has 0 aromatic heterocycles. The Hall–Kier alpha value is -0.370. The average molecular weight is 270 g/mol. The highest BCUT2D eigenvalue weighted by atomic mass is 16.3. The first-order valence-corrected chi connectivity index (χ1v) is 8.40. The van der Waals surface area contributed by atoms with Crippen molar-refractivity contribution in [2.45, 2.75) is 103 Å². The number of aliphatic hydroxyl groups is 1. The lowest BCUT2D eigenvalue weighted by atomic mass is 10.0. The van der Waals surface area contributed by atoms with Gasteiger partial charge in [0.05, 0.1) is 6.10 Å². The van der Waals surface area contributed by atoms with Crippen molar-refractivity contribution >= 4 is 5.78 Å². The summed E-state index contributed by atoms with van der Waals surface area (Å²) in [6, 6.07) is 0. The summed E-state index contributed by atoms with van der Waals surface area (Å²) in [5.74, 6) is 0.240. The van der Waals surface area contributed by atoms with Crippen LogP contribution in [0.3, 0.4) is 0 Å². The fourth-order valence-corrected chi connectivity index (χ4v) is 2.43. The molecule has 0 unspecified atom stereocenters. The van der Waals surface area contributed by atoms with Gasteiger partial charge in [-0.3, -0.25) is 4.79 Å². The van der Waals surface area contributed by atoms with Crippen LogP contribution in [0.5, 0.6) is 0 Å². The van der Waals surface area contributed by atoms with Crippen molar-refractivity contribution in [3.63, 3.8) is 0 Å². The molecule has 114 valence electrons. The summed E-state index contributed by atoms with van der Waals surface area (Å²) in [5.41, 5.74) is 0. The summed E-state index contributed by atoms with van der Waals surface area (Å²) in [6.45, 7) is 4.28. The second-order valence-electron chi connectivity index (χ2n) is 5.76. The van der Waals surface area contributed by atoms with Gasteiger partial charge < -0.3 is 5.11 Å². The number of hydrogen-bond acceptors (Lipinski definition) is 2. The monoisotopic (exact) mass is 270 g/mol. The van der Waals surface area contributed by atoms with Crippen LogP contribution in [-0.2, 0) is 4.79 Å². The van der Waals surface area contributed by atoms with Gasteiger partial charge in [-0.2, -0.15) is 0 Å². The summed E-state index contributed by atoms with van der Waals surface area (Å²) >= 11 is 0. The fourth-order valence-electron chi connectivity index (χ4n) is 2.43. The number of hydrogen-bond donors (Lipinski definition) is 1. The van der Waals surface area contributed by atoms with E-state index in [0.29, 0.717) is 12.8 Å². The minimum atomic E-state index is -0.406. The molecule has 0 rings (SSSR count). The molecule has 1 N–H and O–H groups in total. The third-order valence-electron chi connectivity index (χ3n) is 3.64. The maximum atomic E-state index is 11.6. The molecular formula is C17H34O2. The van der Waals surface area contributed by atoms with Gasteiger partial charge in [0, 0.05) is 12.8 Å². The fraction of sp³-hybridized carbons (Fsp3) is 0.941. The van der Waals surface area contributed by atoms with Gasteiger partial charge in [-0.25, -0.2) is 0 Å². The largest absolute Gasteiger partial charge is 0.393 e. The van der Waals surface area contributed by atoms with E-state index in [1.165, 1.54) is 51.4 Å². The summed E-state index contributed by atoms with van der Waals surface area (Å²) in [6.07, 6.45) is 13.9. The van der Waals surface area contributed by atoms with Crippen molar-refractivity contribution in [1.29, 1.82) is 0 Å².